The number of hydrogen-bond acceptors (Lipinski definition) is 6. The van der Waals surface area contributed by atoms with Crippen molar-refractivity contribution in [1.29, 1.82) is 0 Å². The molecule has 0 saturated carbocycles. The number of hydrogen-bond donors (Lipinski definition) is 4. The third-order valence-electron chi connectivity index (χ3n) is 2.83. The van der Waals surface area contributed by atoms with Crippen molar-refractivity contribution in [3.05, 3.63) is 27.1 Å². The van der Waals surface area contributed by atoms with Crippen LogP contribution in [0.15, 0.2) is 21.5 Å². The molecule has 2 heterocycles. The van der Waals surface area contributed by atoms with E-state index in [1.807, 2.05) is 0 Å². The molecular weight excluding hydrogens is 310 g/mol. The van der Waals surface area contributed by atoms with Crippen molar-refractivity contribution in [2.45, 2.75) is 24.5 Å². The molecule has 1 aromatic rings. The fraction of sp³-hybridized carbons (Fsp3) is 0.500. The summed E-state index contributed by atoms with van der Waals surface area (Å²) in [4.78, 5) is 11.8. The van der Waals surface area contributed by atoms with Crippen LogP contribution in [0.1, 0.15) is 6.23 Å². The van der Waals surface area contributed by atoms with E-state index in [0.29, 0.717) is 0 Å². The monoisotopic (exact) mass is 321 g/mol. The SMILES string of the molecule is O=c1c(Br)c(O)ccn1C1O[C@H](CO)[C@@H](O)[C@H]1O. The second kappa shape index (κ2) is 4.98. The van der Waals surface area contributed by atoms with Gasteiger partial charge < -0.3 is 25.2 Å². The van der Waals surface area contributed by atoms with E-state index in [1.54, 1.807) is 0 Å². The van der Waals surface area contributed by atoms with Gasteiger partial charge in [-0.2, -0.15) is 0 Å². The van der Waals surface area contributed by atoms with Crippen molar-refractivity contribution in [2.75, 3.05) is 6.61 Å². The van der Waals surface area contributed by atoms with Gasteiger partial charge in [0.15, 0.2) is 6.23 Å². The molecule has 18 heavy (non-hydrogen) atoms. The maximum atomic E-state index is 11.8. The van der Waals surface area contributed by atoms with Gasteiger partial charge >= 0.3 is 0 Å². The molecular formula is C10H12BrNO6. The average Bonchev–Trinajstić information content (AvgIpc) is 2.64. The summed E-state index contributed by atoms with van der Waals surface area (Å²) < 4.78 is 6.18. The lowest BCUT2D eigenvalue weighted by Gasteiger charge is -2.18. The van der Waals surface area contributed by atoms with Gasteiger partial charge in [-0.3, -0.25) is 9.36 Å². The number of aromatic hydroxyl groups is 1. The van der Waals surface area contributed by atoms with Crippen LogP contribution in [-0.2, 0) is 4.74 Å². The topological polar surface area (TPSA) is 112 Å². The van der Waals surface area contributed by atoms with Crippen molar-refractivity contribution in [2.24, 2.45) is 0 Å². The van der Waals surface area contributed by atoms with Gasteiger partial charge in [-0.25, -0.2) is 0 Å². The Morgan fingerprint density at radius 1 is 1.39 bits per heavy atom. The Hall–Kier alpha value is -0.930. The summed E-state index contributed by atoms with van der Waals surface area (Å²) in [6.45, 7) is -0.470. The van der Waals surface area contributed by atoms with Crippen LogP contribution in [0.3, 0.4) is 0 Å². The molecule has 0 aliphatic carbocycles. The number of aromatic nitrogens is 1. The van der Waals surface area contributed by atoms with E-state index in [-0.39, 0.29) is 10.2 Å². The molecule has 1 fully saturated rings. The average molecular weight is 322 g/mol. The van der Waals surface area contributed by atoms with E-state index in [4.69, 9.17) is 9.84 Å². The first kappa shape index (κ1) is 13.5. The smallest absolute Gasteiger partial charge is 0.270 e. The third kappa shape index (κ3) is 2.06. The fourth-order valence-corrected chi connectivity index (χ4v) is 2.16. The minimum Gasteiger partial charge on any atom is -0.507 e. The van der Waals surface area contributed by atoms with Crippen LogP contribution in [-0.4, -0.2) is 49.9 Å². The molecule has 4 atom stereocenters. The first-order valence-corrected chi connectivity index (χ1v) is 5.98. The minimum atomic E-state index is -1.34. The molecule has 4 N–H and O–H groups in total. The zero-order valence-corrected chi connectivity index (χ0v) is 10.7. The van der Waals surface area contributed by atoms with E-state index >= 15 is 0 Å². The maximum Gasteiger partial charge on any atom is 0.270 e. The third-order valence-corrected chi connectivity index (χ3v) is 3.58. The van der Waals surface area contributed by atoms with Crippen LogP contribution in [0.5, 0.6) is 5.75 Å². The summed E-state index contributed by atoms with van der Waals surface area (Å²) in [5, 5.41) is 37.7. The fourth-order valence-electron chi connectivity index (χ4n) is 1.82. The second-order valence-corrected chi connectivity index (χ2v) is 4.75. The quantitative estimate of drug-likeness (QED) is 0.552. The lowest BCUT2D eigenvalue weighted by Crippen LogP contribution is -2.35. The van der Waals surface area contributed by atoms with Gasteiger partial charge in [-0.15, -0.1) is 0 Å². The predicted octanol–water partition coefficient (Wildman–Crippen LogP) is -1.07. The predicted molar refractivity (Wildman–Crippen MR) is 63.1 cm³/mol. The number of aliphatic hydroxyl groups is 3. The van der Waals surface area contributed by atoms with Crippen LogP contribution in [0.4, 0.5) is 0 Å². The highest BCUT2D eigenvalue weighted by atomic mass is 79.9. The van der Waals surface area contributed by atoms with Gasteiger partial charge in [-0.05, 0) is 22.0 Å². The molecule has 7 nitrogen and oxygen atoms in total. The standard InChI is InChI=1S/C10H12BrNO6/c11-6-4(14)1-2-12(9(6)17)10-8(16)7(15)5(3-13)18-10/h1-2,5,7-8,10,13-16H,3H2/t5-,7-,8-,10?/m1/s1. The molecule has 1 aliphatic heterocycles. The Bertz CT molecular complexity index is 504. The van der Waals surface area contributed by atoms with Crippen LogP contribution >= 0.6 is 15.9 Å². The number of rotatable bonds is 2. The Labute approximate surface area is 110 Å². The molecule has 100 valence electrons. The van der Waals surface area contributed by atoms with Crippen LogP contribution in [0, 0.1) is 0 Å². The molecule has 0 spiro atoms. The van der Waals surface area contributed by atoms with E-state index in [9.17, 15) is 20.1 Å². The van der Waals surface area contributed by atoms with E-state index in [1.165, 1.54) is 12.3 Å². The van der Waals surface area contributed by atoms with E-state index in [0.717, 1.165) is 4.57 Å². The summed E-state index contributed by atoms with van der Waals surface area (Å²) in [6.07, 6.45) is -3.44. The molecule has 0 radical (unpaired) electrons. The number of aliphatic hydroxyl groups excluding tert-OH is 3. The largest absolute Gasteiger partial charge is 0.507 e. The van der Waals surface area contributed by atoms with Crippen molar-refractivity contribution in [1.82, 2.24) is 4.57 Å². The Kier molecular flexibility index (Phi) is 3.74. The highest BCUT2D eigenvalue weighted by Crippen LogP contribution is 2.29. The van der Waals surface area contributed by atoms with Gasteiger partial charge in [0.05, 0.1) is 6.61 Å². The summed E-state index contributed by atoms with van der Waals surface area (Å²) in [5.74, 6) is -0.233. The zero-order valence-electron chi connectivity index (χ0n) is 9.10. The zero-order chi connectivity index (χ0) is 13.4. The molecule has 0 amide bonds. The highest BCUT2D eigenvalue weighted by Gasteiger charge is 2.43. The second-order valence-electron chi connectivity index (χ2n) is 3.96. The molecule has 2 rings (SSSR count). The molecule has 1 aromatic heterocycles. The lowest BCUT2D eigenvalue weighted by atomic mass is 10.1. The molecule has 1 unspecified atom stereocenters. The first-order valence-electron chi connectivity index (χ1n) is 5.19. The molecule has 1 aliphatic rings. The Balaban J connectivity index is 2.39. The minimum absolute atomic E-state index is 0.0669. The first-order chi connectivity index (χ1) is 8.47. The van der Waals surface area contributed by atoms with Crippen LogP contribution in [0.25, 0.3) is 0 Å². The van der Waals surface area contributed by atoms with E-state index < -0.39 is 36.7 Å². The Morgan fingerprint density at radius 3 is 2.61 bits per heavy atom. The van der Waals surface area contributed by atoms with Crippen LogP contribution in [0.2, 0.25) is 0 Å². The van der Waals surface area contributed by atoms with Crippen molar-refractivity contribution < 1.29 is 25.2 Å². The highest BCUT2D eigenvalue weighted by molar-refractivity contribution is 9.10. The molecule has 8 heteroatoms. The molecule has 0 aromatic carbocycles. The summed E-state index contributed by atoms with van der Waals surface area (Å²) >= 11 is 2.91. The van der Waals surface area contributed by atoms with Gasteiger partial charge in [0.1, 0.15) is 28.5 Å². The lowest BCUT2D eigenvalue weighted by molar-refractivity contribution is -0.0545. The van der Waals surface area contributed by atoms with Crippen molar-refractivity contribution >= 4 is 15.9 Å². The van der Waals surface area contributed by atoms with E-state index in [2.05, 4.69) is 15.9 Å². The van der Waals surface area contributed by atoms with Crippen LogP contribution < -0.4 is 5.56 Å². The van der Waals surface area contributed by atoms with Gasteiger partial charge in [0.25, 0.3) is 5.56 Å². The summed E-state index contributed by atoms with van der Waals surface area (Å²) in [7, 11) is 0. The summed E-state index contributed by atoms with van der Waals surface area (Å²) in [6, 6.07) is 1.25. The normalized spacial score (nSPS) is 31.8. The maximum absolute atomic E-state index is 11.8. The van der Waals surface area contributed by atoms with Crippen molar-refractivity contribution in [3.63, 3.8) is 0 Å². The Morgan fingerprint density at radius 2 is 2.06 bits per heavy atom. The number of ether oxygens (including phenoxy) is 1. The van der Waals surface area contributed by atoms with Gasteiger partial charge in [0.2, 0.25) is 0 Å². The molecule has 0 bridgehead atoms. The number of pyridine rings is 1. The number of nitrogens with zero attached hydrogens (tertiary/aromatic N) is 1. The number of halogens is 1. The van der Waals surface area contributed by atoms with Gasteiger partial charge in [-0.1, -0.05) is 0 Å². The molecule has 1 saturated heterocycles. The summed E-state index contributed by atoms with van der Waals surface area (Å²) in [5.41, 5.74) is -0.607. The van der Waals surface area contributed by atoms with Crippen molar-refractivity contribution in [3.8, 4) is 5.75 Å². The van der Waals surface area contributed by atoms with Gasteiger partial charge in [0, 0.05) is 6.20 Å².